The van der Waals surface area contributed by atoms with Crippen LogP contribution >= 0.6 is 0 Å². The number of nitrogens with zero attached hydrogens (tertiary/aromatic N) is 2. The molecule has 5 heteroatoms. The van der Waals surface area contributed by atoms with Gasteiger partial charge in [-0.25, -0.2) is 4.98 Å². The zero-order valence-electron chi connectivity index (χ0n) is 13.1. The van der Waals surface area contributed by atoms with Gasteiger partial charge < -0.3 is 14.6 Å². The number of furan rings is 1. The molecule has 23 heavy (non-hydrogen) atoms. The van der Waals surface area contributed by atoms with Crippen molar-refractivity contribution in [3.8, 4) is 0 Å². The molecular weight excluding hydrogens is 290 g/mol. The summed E-state index contributed by atoms with van der Waals surface area (Å²) >= 11 is 0. The van der Waals surface area contributed by atoms with Crippen LogP contribution in [0.5, 0.6) is 0 Å². The van der Waals surface area contributed by atoms with Crippen LogP contribution in [-0.2, 0) is 0 Å². The molecule has 120 valence electrons. The van der Waals surface area contributed by atoms with E-state index in [-0.39, 0.29) is 5.91 Å². The Kier molecular flexibility index (Phi) is 4.76. The quantitative estimate of drug-likeness (QED) is 0.922. The Balaban J connectivity index is 1.55. The third-order valence-electron chi connectivity index (χ3n) is 4.15. The molecule has 5 nitrogen and oxygen atoms in total. The molecule has 1 unspecified atom stereocenters. The minimum Gasteiger partial charge on any atom is -0.459 e. The van der Waals surface area contributed by atoms with Gasteiger partial charge in [0.2, 0.25) is 0 Å². The maximum atomic E-state index is 11.9. The second-order valence-electron chi connectivity index (χ2n) is 5.80. The monoisotopic (exact) mass is 311 g/mol. The van der Waals surface area contributed by atoms with Gasteiger partial charge in [-0.3, -0.25) is 4.79 Å². The molecule has 0 spiro atoms. The molecule has 1 amide bonds. The van der Waals surface area contributed by atoms with Crippen LogP contribution in [0.25, 0.3) is 6.08 Å². The molecule has 3 heterocycles. The maximum absolute atomic E-state index is 11.9. The highest BCUT2D eigenvalue weighted by molar-refractivity contribution is 5.91. The van der Waals surface area contributed by atoms with Gasteiger partial charge in [0.1, 0.15) is 5.82 Å². The standard InChI is InChI=1S/C18H21N3O2/c1-2-14-7-8-17(19-11-14)21-9-3-5-15(13-21)12-20-18(22)16-6-4-10-23-16/h2,4,6-8,10-11,15H,1,3,5,9,12-13H2,(H,20,22). The van der Waals surface area contributed by atoms with Gasteiger partial charge in [0, 0.05) is 25.8 Å². The Morgan fingerprint density at radius 2 is 2.39 bits per heavy atom. The Bertz CT molecular complexity index is 649. The van der Waals surface area contributed by atoms with E-state index in [0.717, 1.165) is 37.3 Å². The number of carbonyl (C=O) groups excluding carboxylic acids is 1. The van der Waals surface area contributed by atoms with Crippen LogP contribution in [0.1, 0.15) is 29.0 Å². The second kappa shape index (κ2) is 7.13. The van der Waals surface area contributed by atoms with E-state index in [1.165, 1.54) is 6.26 Å². The molecule has 0 radical (unpaired) electrons. The van der Waals surface area contributed by atoms with Crippen molar-refractivity contribution in [2.75, 3.05) is 24.5 Å². The van der Waals surface area contributed by atoms with E-state index in [9.17, 15) is 4.79 Å². The lowest BCUT2D eigenvalue weighted by Gasteiger charge is -2.33. The molecule has 1 aliphatic heterocycles. The van der Waals surface area contributed by atoms with Crippen molar-refractivity contribution in [3.05, 3.63) is 54.6 Å². The molecule has 3 rings (SSSR count). The summed E-state index contributed by atoms with van der Waals surface area (Å²) in [7, 11) is 0. The van der Waals surface area contributed by atoms with Crippen LogP contribution in [-0.4, -0.2) is 30.5 Å². The van der Waals surface area contributed by atoms with Crippen molar-refractivity contribution >= 4 is 17.8 Å². The molecule has 0 aromatic carbocycles. The normalized spacial score (nSPS) is 17.7. The van der Waals surface area contributed by atoms with Crippen molar-refractivity contribution in [3.63, 3.8) is 0 Å². The summed E-state index contributed by atoms with van der Waals surface area (Å²) in [4.78, 5) is 18.7. The van der Waals surface area contributed by atoms with Gasteiger partial charge in [0.15, 0.2) is 5.76 Å². The van der Waals surface area contributed by atoms with E-state index in [1.54, 1.807) is 18.2 Å². The SMILES string of the molecule is C=Cc1ccc(N2CCCC(CNC(=O)c3ccco3)C2)nc1. The largest absolute Gasteiger partial charge is 0.459 e. The lowest BCUT2D eigenvalue weighted by Crippen LogP contribution is -2.41. The predicted molar refractivity (Wildman–Crippen MR) is 90.3 cm³/mol. The molecule has 2 aromatic heterocycles. The number of amides is 1. The third-order valence-corrected chi connectivity index (χ3v) is 4.15. The van der Waals surface area contributed by atoms with Gasteiger partial charge in [-0.2, -0.15) is 0 Å². The molecule has 1 saturated heterocycles. The summed E-state index contributed by atoms with van der Waals surface area (Å²) in [5.41, 5.74) is 1.02. The molecule has 1 fully saturated rings. The van der Waals surface area contributed by atoms with Crippen LogP contribution in [0.15, 0.2) is 47.7 Å². The Labute approximate surface area is 136 Å². The second-order valence-corrected chi connectivity index (χ2v) is 5.80. The Morgan fingerprint density at radius 3 is 3.09 bits per heavy atom. The first kappa shape index (κ1) is 15.3. The molecule has 1 aliphatic rings. The molecule has 1 atom stereocenters. The van der Waals surface area contributed by atoms with E-state index < -0.39 is 0 Å². The fraction of sp³-hybridized carbons (Fsp3) is 0.333. The summed E-state index contributed by atoms with van der Waals surface area (Å²) in [5, 5.41) is 2.95. The van der Waals surface area contributed by atoms with Gasteiger partial charge in [0.25, 0.3) is 5.91 Å². The number of aromatic nitrogens is 1. The van der Waals surface area contributed by atoms with Crippen molar-refractivity contribution in [2.45, 2.75) is 12.8 Å². The number of pyridine rings is 1. The van der Waals surface area contributed by atoms with Crippen LogP contribution < -0.4 is 10.2 Å². The molecule has 0 saturated carbocycles. The van der Waals surface area contributed by atoms with Crippen LogP contribution in [0.2, 0.25) is 0 Å². The number of hydrogen-bond acceptors (Lipinski definition) is 4. The number of anilines is 1. The third kappa shape index (κ3) is 3.80. The number of carbonyl (C=O) groups is 1. The smallest absolute Gasteiger partial charge is 0.286 e. The lowest BCUT2D eigenvalue weighted by atomic mass is 9.98. The Hall–Kier alpha value is -2.56. The van der Waals surface area contributed by atoms with Gasteiger partial charge in [-0.1, -0.05) is 12.7 Å². The van der Waals surface area contributed by atoms with E-state index in [0.29, 0.717) is 18.2 Å². The fourth-order valence-corrected chi connectivity index (χ4v) is 2.88. The molecule has 1 N–H and O–H groups in total. The number of hydrogen-bond donors (Lipinski definition) is 1. The average Bonchev–Trinajstić information content (AvgIpc) is 3.15. The topological polar surface area (TPSA) is 58.4 Å². The zero-order chi connectivity index (χ0) is 16.1. The van der Waals surface area contributed by atoms with E-state index in [4.69, 9.17) is 4.42 Å². The van der Waals surface area contributed by atoms with E-state index >= 15 is 0 Å². The van der Waals surface area contributed by atoms with Gasteiger partial charge >= 0.3 is 0 Å². The van der Waals surface area contributed by atoms with Crippen LogP contribution in [0.4, 0.5) is 5.82 Å². The highest BCUT2D eigenvalue weighted by Crippen LogP contribution is 2.21. The highest BCUT2D eigenvalue weighted by Gasteiger charge is 2.21. The van der Waals surface area contributed by atoms with Gasteiger partial charge in [0.05, 0.1) is 6.26 Å². The lowest BCUT2D eigenvalue weighted by molar-refractivity contribution is 0.0918. The summed E-state index contributed by atoms with van der Waals surface area (Å²) in [6, 6.07) is 7.45. The predicted octanol–water partition coefficient (Wildman–Crippen LogP) is 2.96. The van der Waals surface area contributed by atoms with Crippen molar-refractivity contribution < 1.29 is 9.21 Å². The number of nitrogens with one attached hydrogen (secondary N) is 1. The zero-order valence-corrected chi connectivity index (χ0v) is 13.1. The minimum atomic E-state index is -0.152. The molecule has 0 bridgehead atoms. The molecule has 0 aliphatic carbocycles. The summed E-state index contributed by atoms with van der Waals surface area (Å²) in [6.45, 7) is 6.30. The first-order valence-corrected chi connectivity index (χ1v) is 7.91. The van der Waals surface area contributed by atoms with Crippen LogP contribution in [0.3, 0.4) is 0 Å². The van der Waals surface area contributed by atoms with Crippen molar-refractivity contribution in [2.24, 2.45) is 5.92 Å². The van der Waals surface area contributed by atoms with Crippen LogP contribution in [0, 0.1) is 5.92 Å². The number of piperidine rings is 1. The maximum Gasteiger partial charge on any atom is 0.286 e. The average molecular weight is 311 g/mol. The number of rotatable bonds is 5. The summed E-state index contributed by atoms with van der Waals surface area (Å²) in [5.74, 6) is 1.61. The summed E-state index contributed by atoms with van der Waals surface area (Å²) < 4.78 is 5.11. The van der Waals surface area contributed by atoms with Crippen molar-refractivity contribution in [1.29, 1.82) is 0 Å². The van der Waals surface area contributed by atoms with E-state index in [1.807, 2.05) is 18.3 Å². The first-order chi connectivity index (χ1) is 11.3. The van der Waals surface area contributed by atoms with E-state index in [2.05, 4.69) is 21.8 Å². The van der Waals surface area contributed by atoms with Gasteiger partial charge in [-0.15, -0.1) is 0 Å². The molecule has 2 aromatic rings. The van der Waals surface area contributed by atoms with Gasteiger partial charge in [-0.05, 0) is 48.6 Å². The fourth-order valence-electron chi connectivity index (χ4n) is 2.88. The molecular formula is C18H21N3O2. The minimum absolute atomic E-state index is 0.152. The van der Waals surface area contributed by atoms with Crippen molar-refractivity contribution in [1.82, 2.24) is 10.3 Å². The highest BCUT2D eigenvalue weighted by atomic mass is 16.3. The Morgan fingerprint density at radius 1 is 1.48 bits per heavy atom. The first-order valence-electron chi connectivity index (χ1n) is 7.91. The summed E-state index contributed by atoms with van der Waals surface area (Å²) in [6.07, 6.45) is 7.35.